The lowest BCUT2D eigenvalue weighted by Gasteiger charge is -2.21. The quantitative estimate of drug-likeness (QED) is 0.790. The molecule has 1 atom stereocenters. The van der Waals surface area contributed by atoms with E-state index in [0.29, 0.717) is 11.8 Å². The second kappa shape index (κ2) is 7.56. The number of carboxylic acids is 1. The van der Waals surface area contributed by atoms with E-state index in [1.807, 2.05) is 11.8 Å². The highest BCUT2D eigenvalue weighted by Gasteiger charge is 2.17. The SMILES string of the molecule is O=C(NCC1CSCCS1)Nc1cc(F)ccc1C(=O)O. The smallest absolute Gasteiger partial charge is 0.337 e. The minimum absolute atomic E-state index is 0.0503. The number of carboxylic acid groups (broad SMARTS) is 1. The van der Waals surface area contributed by atoms with Crippen LogP contribution in [0.2, 0.25) is 0 Å². The number of hydrogen-bond acceptors (Lipinski definition) is 4. The highest BCUT2D eigenvalue weighted by Crippen LogP contribution is 2.23. The predicted molar refractivity (Wildman–Crippen MR) is 84.0 cm³/mol. The van der Waals surface area contributed by atoms with Crippen LogP contribution in [0.4, 0.5) is 14.9 Å². The van der Waals surface area contributed by atoms with Gasteiger partial charge in [-0.25, -0.2) is 14.0 Å². The summed E-state index contributed by atoms with van der Waals surface area (Å²) >= 11 is 3.65. The van der Waals surface area contributed by atoms with Gasteiger partial charge in [-0.3, -0.25) is 0 Å². The summed E-state index contributed by atoms with van der Waals surface area (Å²) in [5.74, 6) is 1.34. The molecule has 0 radical (unpaired) electrons. The number of nitrogens with one attached hydrogen (secondary N) is 2. The predicted octanol–water partition coefficient (Wildman–Crippen LogP) is 2.49. The number of anilines is 1. The number of thioether (sulfide) groups is 2. The third-order valence-corrected chi connectivity index (χ3v) is 5.68. The molecule has 0 aromatic heterocycles. The van der Waals surface area contributed by atoms with Crippen LogP contribution in [-0.4, -0.2) is 46.2 Å². The maximum Gasteiger partial charge on any atom is 0.337 e. The molecule has 1 fully saturated rings. The molecule has 114 valence electrons. The maximum absolute atomic E-state index is 13.2. The minimum atomic E-state index is -1.22. The van der Waals surface area contributed by atoms with Gasteiger partial charge in [0.2, 0.25) is 0 Å². The summed E-state index contributed by atoms with van der Waals surface area (Å²) in [7, 11) is 0. The molecule has 0 saturated carbocycles. The highest BCUT2D eigenvalue weighted by atomic mass is 32.2. The van der Waals surface area contributed by atoms with Crippen molar-refractivity contribution in [3.63, 3.8) is 0 Å². The van der Waals surface area contributed by atoms with Gasteiger partial charge >= 0.3 is 12.0 Å². The van der Waals surface area contributed by atoms with Crippen LogP contribution in [-0.2, 0) is 0 Å². The molecule has 1 unspecified atom stereocenters. The fourth-order valence-electron chi connectivity index (χ4n) is 1.83. The van der Waals surface area contributed by atoms with Crippen LogP contribution >= 0.6 is 23.5 Å². The van der Waals surface area contributed by atoms with E-state index in [2.05, 4.69) is 10.6 Å². The van der Waals surface area contributed by atoms with Crippen LogP contribution in [0.1, 0.15) is 10.4 Å². The molecular weight excluding hydrogens is 315 g/mol. The van der Waals surface area contributed by atoms with Crippen LogP contribution in [0.25, 0.3) is 0 Å². The number of benzene rings is 1. The molecule has 2 amide bonds. The van der Waals surface area contributed by atoms with Gasteiger partial charge < -0.3 is 15.7 Å². The van der Waals surface area contributed by atoms with Crippen molar-refractivity contribution in [3.8, 4) is 0 Å². The van der Waals surface area contributed by atoms with Crippen molar-refractivity contribution in [2.24, 2.45) is 0 Å². The van der Waals surface area contributed by atoms with Gasteiger partial charge in [-0.1, -0.05) is 0 Å². The van der Waals surface area contributed by atoms with Crippen molar-refractivity contribution >= 4 is 41.2 Å². The highest BCUT2D eigenvalue weighted by molar-refractivity contribution is 8.06. The van der Waals surface area contributed by atoms with Crippen molar-refractivity contribution < 1.29 is 19.1 Å². The zero-order valence-corrected chi connectivity index (χ0v) is 12.7. The summed E-state index contributed by atoms with van der Waals surface area (Å²) in [6.07, 6.45) is 0. The Morgan fingerprint density at radius 3 is 2.86 bits per heavy atom. The van der Waals surface area contributed by atoms with E-state index in [1.165, 1.54) is 0 Å². The summed E-state index contributed by atoms with van der Waals surface area (Å²) in [5.41, 5.74) is -0.195. The first kappa shape index (κ1) is 16.0. The number of urea groups is 1. The number of halogens is 1. The van der Waals surface area contributed by atoms with Crippen LogP contribution < -0.4 is 10.6 Å². The first-order valence-corrected chi connectivity index (χ1v) is 8.53. The van der Waals surface area contributed by atoms with E-state index in [1.54, 1.807) is 11.8 Å². The zero-order valence-electron chi connectivity index (χ0n) is 11.1. The van der Waals surface area contributed by atoms with Crippen molar-refractivity contribution in [2.75, 3.05) is 29.1 Å². The van der Waals surface area contributed by atoms with Crippen LogP contribution in [0.15, 0.2) is 18.2 Å². The Morgan fingerprint density at radius 2 is 2.19 bits per heavy atom. The normalized spacial score (nSPS) is 18.0. The summed E-state index contributed by atoms with van der Waals surface area (Å²) < 4.78 is 13.2. The Morgan fingerprint density at radius 1 is 1.38 bits per heavy atom. The van der Waals surface area contributed by atoms with Crippen LogP contribution in [0, 0.1) is 5.82 Å². The molecule has 2 rings (SSSR count). The molecule has 0 spiro atoms. The lowest BCUT2D eigenvalue weighted by atomic mass is 10.2. The minimum Gasteiger partial charge on any atom is -0.478 e. The Bertz CT molecular complexity index is 536. The van der Waals surface area contributed by atoms with Gasteiger partial charge in [-0.05, 0) is 18.2 Å². The summed E-state index contributed by atoms with van der Waals surface area (Å²) in [6.45, 7) is 0.501. The first-order chi connectivity index (χ1) is 10.1. The lowest BCUT2D eigenvalue weighted by molar-refractivity contribution is 0.0698. The zero-order chi connectivity index (χ0) is 15.2. The molecule has 1 aliphatic heterocycles. The molecule has 1 aliphatic rings. The molecule has 8 heteroatoms. The van der Waals surface area contributed by atoms with E-state index < -0.39 is 17.8 Å². The van der Waals surface area contributed by atoms with Gasteiger partial charge in [0.05, 0.1) is 11.3 Å². The monoisotopic (exact) mass is 330 g/mol. The number of amides is 2. The molecule has 1 aromatic carbocycles. The van der Waals surface area contributed by atoms with E-state index in [9.17, 15) is 14.0 Å². The van der Waals surface area contributed by atoms with E-state index >= 15 is 0 Å². The molecule has 1 heterocycles. The van der Waals surface area contributed by atoms with Gasteiger partial charge in [0.1, 0.15) is 5.82 Å². The van der Waals surface area contributed by atoms with Crippen molar-refractivity contribution in [1.29, 1.82) is 0 Å². The second-order valence-corrected chi connectivity index (χ2v) is 6.96. The van der Waals surface area contributed by atoms with Crippen molar-refractivity contribution in [2.45, 2.75) is 5.25 Å². The van der Waals surface area contributed by atoms with Crippen molar-refractivity contribution in [3.05, 3.63) is 29.6 Å². The molecule has 3 N–H and O–H groups in total. The molecule has 21 heavy (non-hydrogen) atoms. The van der Waals surface area contributed by atoms with E-state index in [4.69, 9.17) is 5.11 Å². The Balaban J connectivity index is 1.92. The van der Waals surface area contributed by atoms with E-state index in [0.717, 1.165) is 35.5 Å². The topological polar surface area (TPSA) is 78.4 Å². The number of aromatic carboxylic acids is 1. The molecular formula is C13H15FN2O3S2. The Kier molecular flexibility index (Phi) is 5.75. The van der Waals surface area contributed by atoms with Crippen LogP contribution in [0.3, 0.4) is 0 Å². The number of carbonyl (C=O) groups excluding carboxylic acids is 1. The Labute approximate surface area is 130 Å². The van der Waals surface area contributed by atoms with E-state index in [-0.39, 0.29) is 11.3 Å². The van der Waals surface area contributed by atoms with Gasteiger partial charge in [0, 0.05) is 29.1 Å². The molecule has 1 aromatic rings. The standard InChI is InChI=1S/C13H15FN2O3S2/c14-8-1-2-10(12(17)18)11(5-8)16-13(19)15-6-9-7-20-3-4-21-9/h1-2,5,9H,3-4,6-7H2,(H,17,18)(H2,15,16,19). The van der Waals surface area contributed by atoms with Gasteiger partial charge in [0.25, 0.3) is 0 Å². The van der Waals surface area contributed by atoms with Crippen molar-refractivity contribution in [1.82, 2.24) is 5.32 Å². The number of rotatable bonds is 4. The summed E-state index contributed by atoms with van der Waals surface area (Å²) in [5, 5.41) is 14.4. The van der Waals surface area contributed by atoms with Crippen LogP contribution in [0.5, 0.6) is 0 Å². The molecule has 1 saturated heterocycles. The number of carbonyl (C=O) groups is 2. The lowest BCUT2D eigenvalue weighted by Crippen LogP contribution is -2.36. The maximum atomic E-state index is 13.2. The summed E-state index contributed by atoms with van der Waals surface area (Å²) in [4.78, 5) is 22.8. The average Bonchev–Trinajstić information content (AvgIpc) is 2.46. The molecule has 0 bridgehead atoms. The van der Waals surface area contributed by atoms with Gasteiger partial charge in [-0.2, -0.15) is 23.5 Å². The summed E-state index contributed by atoms with van der Waals surface area (Å²) in [6, 6.07) is 2.64. The fourth-order valence-corrected chi connectivity index (χ4v) is 4.45. The average molecular weight is 330 g/mol. The van der Waals surface area contributed by atoms with Gasteiger partial charge in [0.15, 0.2) is 0 Å². The second-order valence-electron chi connectivity index (χ2n) is 4.40. The molecule has 5 nitrogen and oxygen atoms in total. The third kappa shape index (κ3) is 4.82. The third-order valence-electron chi connectivity index (χ3n) is 2.84. The van der Waals surface area contributed by atoms with Gasteiger partial charge in [-0.15, -0.1) is 0 Å². The number of hydrogen-bond donors (Lipinski definition) is 3. The molecule has 0 aliphatic carbocycles. The first-order valence-electron chi connectivity index (χ1n) is 6.33. The Hall–Kier alpha value is -1.41. The largest absolute Gasteiger partial charge is 0.478 e. The fraction of sp³-hybridized carbons (Fsp3) is 0.385.